The van der Waals surface area contributed by atoms with Gasteiger partial charge in [-0.1, -0.05) is 36.4 Å². The number of ether oxygens (including phenoxy) is 1. The lowest BCUT2D eigenvalue weighted by atomic mass is 9.86. The predicted octanol–water partition coefficient (Wildman–Crippen LogP) is 3.56. The minimum atomic E-state index is -0.660. The predicted molar refractivity (Wildman–Crippen MR) is 88.6 cm³/mol. The first-order valence-corrected chi connectivity index (χ1v) is 7.43. The second-order valence-corrected chi connectivity index (χ2v) is 5.56. The lowest BCUT2D eigenvalue weighted by molar-refractivity contribution is -0.402. The summed E-state index contributed by atoms with van der Waals surface area (Å²) >= 11 is 0. The first kappa shape index (κ1) is 14.8. The molecule has 0 aliphatic carbocycles. The Morgan fingerprint density at radius 3 is 2.68 bits per heavy atom. The van der Waals surface area contributed by atoms with Gasteiger partial charge in [-0.2, -0.15) is 5.26 Å². The summed E-state index contributed by atoms with van der Waals surface area (Å²) in [6, 6.07) is 16.1. The van der Waals surface area contributed by atoms with Gasteiger partial charge in [-0.15, -0.1) is 0 Å². The van der Waals surface area contributed by atoms with Crippen LogP contribution in [0.25, 0.3) is 10.8 Å². The van der Waals surface area contributed by atoms with E-state index in [4.69, 9.17) is 14.9 Å². The van der Waals surface area contributed by atoms with E-state index in [0.717, 1.165) is 10.8 Å². The first-order chi connectivity index (χ1) is 12.1. The molecule has 7 heteroatoms. The molecular formula is C18H11N3O4. The molecule has 0 fully saturated rings. The standard InChI is InChI=1S/C18H11N3O4/c19-9-13-16(14-7-8-15(24-14)21(22)23)12-6-5-10-3-1-2-4-11(10)17(12)25-18(13)20/h1-8,16H,20H2/t16-/m1/s1. The molecule has 0 saturated heterocycles. The topological polar surface area (TPSA) is 115 Å². The molecule has 0 spiro atoms. The summed E-state index contributed by atoms with van der Waals surface area (Å²) in [5.41, 5.74) is 6.78. The van der Waals surface area contributed by atoms with Crippen LogP contribution in [0.5, 0.6) is 5.75 Å². The van der Waals surface area contributed by atoms with E-state index < -0.39 is 10.8 Å². The Bertz CT molecular complexity index is 1090. The number of hydrogen-bond donors (Lipinski definition) is 1. The molecule has 122 valence electrons. The summed E-state index contributed by atoms with van der Waals surface area (Å²) in [4.78, 5) is 10.3. The van der Waals surface area contributed by atoms with Crippen LogP contribution in [0.15, 0.2) is 64.4 Å². The second-order valence-electron chi connectivity index (χ2n) is 5.56. The molecule has 0 radical (unpaired) electrons. The second kappa shape index (κ2) is 5.39. The maximum absolute atomic E-state index is 10.9. The number of hydrogen-bond acceptors (Lipinski definition) is 6. The van der Waals surface area contributed by atoms with Crippen molar-refractivity contribution in [2.45, 2.75) is 5.92 Å². The fourth-order valence-electron chi connectivity index (χ4n) is 3.07. The molecule has 25 heavy (non-hydrogen) atoms. The largest absolute Gasteiger partial charge is 0.440 e. The van der Waals surface area contributed by atoms with Crippen molar-refractivity contribution in [3.63, 3.8) is 0 Å². The fourth-order valence-corrected chi connectivity index (χ4v) is 3.07. The van der Waals surface area contributed by atoms with Crippen molar-refractivity contribution in [3.05, 3.63) is 81.4 Å². The van der Waals surface area contributed by atoms with Crippen LogP contribution in [-0.4, -0.2) is 4.92 Å². The summed E-state index contributed by atoms with van der Waals surface area (Å²) in [5.74, 6) is -0.285. The number of nitrogens with two attached hydrogens (primary N) is 1. The molecule has 4 rings (SSSR count). The highest BCUT2D eigenvalue weighted by molar-refractivity contribution is 5.90. The number of furan rings is 1. The van der Waals surface area contributed by atoms with Crippen LogP contribution in [0.3, 0.4) is 0 Å². The maximum atomic E-state index is 10.9. The van der Waals surface area contributed by atoms with E-state index in [1.165, 1.54) is 12.1 Å². The highest BCUT2D eigenvalue weighted by atomic mass is 16.6. The lowest BCUT2D eigenvalue weighted by Gasteiger charge is -2.25. The van der Waals surface area contributed by atoms with Gasteiger partial charge in [0.05, 0.1) is 12.0 Å². The van der Waals surface area contributed by atoms with Gasteiger partial charge in [-0.25, -0.2) is 0 Å². The van der Waals surface area contributed by atoms with E-state index in [9.17, 15) is 15.4 Å². The molecule has 0 bridgehead atoms. The van der Waals surface area contributed by atoms with Crippen LogP contribution in [0.1, 0.15) is 17.2 Å². The molecule has 2 aromatic carbocycles. The van der Waals surface area contributed by atoms with Gasteiger partial charge in [-0.3, -0.25) is 10.1 Å². The molecule has 1 aromatic heterocycles. The van der Waals surface area contributed by atoms with Gasteiger partial charge in [-0.05, 0) is 11.5 Å². The van der Waals surface area contributed by atoms with Gasteiger partial charge < -0.3 is 14.9 Å². The molecule has 1 atom stereocenters. The third-order valence-corrected chi connectivity index (χ3v) is 4.18. The third kappa shape index (κ3) is 2.20. The van der Waals surface area contributed by atoms with Crippen molar-refractivity contribution in [2.75, 3.05) is 0 Å². The van der Waals surface area contributed by atoms with Crippen LogP contribution in [0.2, 0.25) is 0 Å². The monoisotopic (exact) mass is 333 g/mol. The minimum absolute atomic E-state index is 0.0320. The fraction of sp³-hybridized carbons (Fsp3) is 0.0556. The maximum Gasteiger partial charge on any atom is 0.433 e. The van der Waals surface area contributed by atoms with Crippen molar-refractivity contribution in [1.82, 2.24) is 0 Å². The quantitative estimate of drug-likeness (QED) is 0.566. The number of nitrogens with zero attached hydrogens (tertiary/aromatic N) is 2. The Balaban J connectivity index is 1.98. The SMILES string of the molecule is N#CC1=C(N)Oc2c(ccc3ccccc23)[C@H]1c1ccc([N+](=O)[O-])o1. The average molecular weight is 333 g/mol. The Labute approximate surface area is 141 Å². The van der Waals surface area contributed by atoms with Crippen LogP contribution < -0.4 is 10.5 Å². The van der Waals surface area contributed by atoms with Gasteiger partial charge in [0.2, 0.25) is 5.88 Å². The van der Waals surface area contributed by atoms with E-state index in [1.54, 1.807) is 0 Å². The first-order valence-electron chi connectivity index (χ1n) is 7.43. The summed E-state index contributed by atoms with van der Waals surface area (Å²) in [6.45, 7) is 0. The average Bonchev–Trinajstić information content (AvgIpc) is 3.10. The van der Waals surface area contributed by atoms with Crippen LogP contribution in [0.4, 0.5) is 5.88 Å². The molecule has 3 aromatic rings. The van der Waals surface area contributed by atoms with E-state index in [-0.39, 0.29) is 23.1 Å². The Kier molecular flexibility index (Phi) is 3.18. The van der Waals surface area contributed by atoms with Gasteiger partial charge in [0.15, 0.2) is 0 Å². The number of benzene rings is 2. The zero-order valence-electron chi connectivity index (χ0n) is 12.8. The summed E-state index contributed by atoms with van der Waals surface area (Å²) in [7, 11) is 0. The summed E-state index contributed by atoms with van der Waals surface area (Å²) in [6.07, 6.45) is 0. The smallest absolute Gasteiger partial charge is 0.433 e. The van der Waals surface area contributed by atoms with E-state index in [1.807, 2.05) is 42.5 Å². The van der Waals surface area contributed by atoms with Crippen molar-refractivity contribution in [1.29, 1.82) is 5.26 Å². The van der Waals surface area contributed by atoms with Crippen molar-refractivity contribution >= 4 is 16.7 Å². The highest BCUT2D eigenvalue weighted by Crippen LogP contribution is 2.45. The number of fused-ring (bicyclic) bond motifs is 3. The van der Waals surface area contributed by atoms with E-state index >= 15 is 0 Å². The van der Waals surface area contributed by atoms with Gasteiger partial charge >= 0.3 is 5.88 Å². The molecule has 7 nitrogen and oxygen atoms in total. The van der Waals surface area contributed by atoms with Gasteiger partial charge in [0.1, 0.15) is 28.1 Å². The van der Waals surface area contributed by atoms with Crippen LogP contribution in [0, 0.1) is 21.4 Å². The summed E-state index contributed by atoms with van der Waals surface area (Å²) in [5, 5.41) is 22.2. The molecule has 0 amide bonds. The van der Waals surface area contributed by atoms with E-state index in [2.05, 4.69) is 0 Å². The zero-order chi connectivity index (χ0) is 17.6. The number of rotatable bonds is 2. The Hall–Kier alpha value is -3.79. The highest BCUT2D eigenvalue weighted by Gasteiger charge is 2.34. The lowest BCUT2D eigenvalue weighted by Crippen LogP contribution is -2.21. The Morgan fingerprint density at radius 2 is 1.96 bits per heavy atom. The number of nitro groups is 1. The van der Waals surface area contributed by atoms with Crippen molar-refractivity contribution in [2.24, 2.45) is 5.73 Å². The molecule has 1 aliphatic heterocycles. The summed E-state index contributed by atoms with van der Waals surface area (Å²) < 4.78 is 11.1. The van der Waals surface area contributed by atoms with Crippen molar-refractivity contribution in [3.8, 4) is 11.8 Å². The van der Waals surface area contributed by atoms with Gasteiger partial charge in [0, 0.05) is 10.9 Å². The molecule has 0 saturated carbocycles. The molecular weight excluding hydrogens is 322 g/mol. The molecule has 2 heterocycles. The molecule has 2 N–H and O–H groups in total. The van der Waals surface area contributed by atoms with Crippen LogP contribution in [-0.2, 0) is 0 Å². The zero-order valence-corrected chi connectivity index (χ0v) is 12.8. The third-order valence-electron chi connectivity index (χ3n) is 4.18. The minimum Gasteiger partial charge on any atom is -0.440 e. The van der Waals surface area contributed by atoms with E-state index in [0.29, 0.717) is 11.3 Å². The van der Waals surface area contributed by atoms with Gasteiger partial charge in [0.25, 0.3) is 0 Å². The number of allylic oxidation sites excluding steroid dienone is 1. The number of nitriles is 1. The molecule has 1 aliphatic rings. The normalized spacial score (nSPS) is 16.2. The van der Waals surface area contributed by atoms with Crippen molar-refractivity contribution < 1.29 is 14.1 Å². The Morgan fingerprint density at radius 1 is 1.16 bits per heavy atom. The van der Waals surface area contributed by atoms with Crippen LogP contribution >= 0.6 is 0 Å². The molecule has 0 unspecified atom stereocenters.